The van der Waals surface area contributed by atoms with Crippen molar-refractivity contribution in [1.29, 1.82) is 0 Å². The summed E-state index contributed by atoms with van der Waals surface area (Å²) in [5, 5.41) is 5.55. The number of hydrogen-bond acceptors (Lipinski definition) is 5. The number of rotatable bonds is 8. The molecule has 2 atom stereocenters. The monoisotopic (exact) mass is 424 g/mol. The van der Waals surface area contributed by atoms with Gasteiger partial charge in [0.2, 0.25) is 5.91 Å². The number of fused-ring (bicyclic) bond motifs is 1. The van der Waals surface area contributed by atoms with Gasteiger partial charge in [-0.3, -0.25) is 19.3 Å². The fourth-order valence-electron chi connectivity index (χ4n) is 3.51. The number of nitrogens with one attached hydrogen (secondary N) is 2. The van der Waals surface area contributed by atoms with Gasteiger partial charge >= 0.3 is 0 Å². The number of amides is 3. The molecule has 2 aromatic rings. The lowest BCUT2D eigenvalue weighted by molar-refractivity contribution is -0.126. The van der Waals surface area contributed by atoms with E-state index in [0.717, 1.165) is 6.42 Å². The predicted octanol–water partition coefficient (Wildman–Crippen LogP) is 2.15. The lowest BCUT2D eigenvalue weighted by Gasteiger charge is -2.39. The normalized spacial score (nSPS) is 16.2. The SMILES string of the molecule is CCC(C)C1C(=O)Nc2cc(C(=O)NCCN)ccc2N1C(=O)COc1ccccc1. The van der Waals surface area contributed by atoms with Crippen molar-refractivity contribution in [1.82, 2.24) is 5.32 Å². The smallest absolute Gasteiger partial charge is 0.265 e. The number of nitrogens with zero attached hydrogens (tertiary/aromatic N) is 1. The minimum Gasteiger partial charge on any atom is -0.484 e. The molecule has 0 radical (unpaired) electrons. The number of benzene rings is 2. The molecule has 4 N–H and O–H groups in total. The number of hydrogen-bond donors (Lipinski definition) is 3. The highest BCUT2D eigenvalue weighted by atomic mass is 16.5. The Bertz CT molecular complexity index is 948. The second-order valence-corrected chi connectivity index (χ2v) is 7.46. The number of para-hydroxylation sites is 1. The first-order chi connectivity index (χ1) is 15.0. The molecular formula is C23H28N4O4. The van der Waals surface area contributed by atoms with Crippen molar-refractivity contribution in [2.24, 2.45) is 11.7 Å². The highest BCUT2D eigenvalue weighted by molar-refractivity contribution is 6.13. The first kappa shape index (κ1) is 22.3. The number of ether oxygens (including phenoxy) is 1. The van der Waals surface area contributed by atoms with E-state index in [1.165, 1.54) is 4.90 Å². The number of anilines is 2. The summed E-state index contributed by atoms with van der Waals surface area (Å²) < 4.78 is 5.64. The molecule has 1 heterocycles. The highest BCUT2D eigenvalue weighted by Gasteiger charge is 2.40. The van der Waals surface area contributed by atoms with Gasteiger partial charge in [0.15, 0.2) is 6.61 Å². The molecule has 0 saturated carbocycles. The van der Waals surface area contributed by atoms with Crippen molar-refractivity contribution < 1.29 is 19.1 Å². The van der Waals surface area contributed by atoms with Crippen LogP contribution < -0.4 is 26.0 Å². The maximum atomic E-state index is 13.2. The van der Waals surface area contributed by atoms with Gasteiger partial charge in [-0.2, -0.15) is 0 Å². The Morgan fingerprint density at radius 1 is 1.23 bits per heavy atom. The van der Waals surface area contributed by atoms with Crippen molar-refractivity contribution in [3.63, 3.8) is 0 Å². The second kappa shape index (κ2) is 10.1. The third-order valence-corrected chi connectivity index (χ3v) is 5.31. The predicted molar refractivity (Wildman–Crippen MR) is 119 cm³/mol. The molecule has 2 aromatic carbocycles. The van der Waals surface area contributed by atoms with E-state index in [9.17, 15) is 14.4 Å². The Kier molecular flexibility index (Phi) is 7.25. The largest absolute Gasteiger partial charge is 0.484 e. The van der Waals surface area contributed by atoms with Crippen LogP contribution in [-0.4, -0.2) is 43.5 Å². The Balaban J connectivity index is 1.91. The molecular weight excluding hydrogens is 396 g/mol. The van der Waals surface area contributed by atoms with Crippen LogP contribution in [0.2, 0.25) is 0 Å². The van der Waals surface area contributed by atoms with E-state index in [1.807, 2.05) is 32.0 Å². The van der Waals surface area contributed by atoms with E-state index in [0.29, 0.717) is 35.8 Å². The zero-order valence-corrected chi connectivity index (χ0v) is 17.8. The summed E-state index contributed by atoms with van der Waals surface area (Å²) >= 11 is 0. The van der Waals surface area contributed by atoms with E-state index >= 15 is 0 Å². The van der Waals surface area contributed by atoms with Gasteiger partial charge in [0.05, 0.1) is 11.4 Å². The van der Waals surface area contributed by atoms with Gasteiger partial charge in [-0.15, -0.1) is 0 Å². The molecule has 31 heavy (non-hydrogen) atoms. The van der Waals surface area contributed by atoms with Gasteiger partial charge < -0.3 is 21.1 Å². The molecule has 0 saturated heterocycles. The summed E-state index contributed by atoms with van der Waals surface area (Å²) in [6.07, 6.45) is 0.719. The minimum absolute atomic E-state index is 0.0682. The summed E-state index contributed by atoms with van der Waals surface area (Å²) in [5.74, 6) is -0.400. The van der Waals surface area contributed by atoms with Crippen molar-refractivity contribution in [3.8, 4) is 5.75 Å². The molecule has 3 rings (SSSR count). The Hall–Kier alpha value is -3.39. The zero-order chi connectivity index (χ0) is 22.4. The number of nitrogens with two attached hydrogens (primary N) is 1. The van der Waals surface area contributed by atoms with Crippen LogP contribution in [0.3, 0.4) is 0 Å². The topological polar surface area (TPSA) is 114 Å². The lowest BCUT2D eigenvalue weighted by Crippen LogP contribution is -2.55. The van der Waals surface area contributed by atoms with Gasteiger partial charge in [0, 0.05) is 18.7 Å². The van der Waals surface area contributed by atoms with Crippen LogP contribution in [0.1, 0.15) is 30.6 Å². The van der Waals surface area contributed by atoms with Gasteiger partial charge in [-0.25, -0.2) is 0 Å². The van der Waals surface area contributed by atoms with Crippen LogP contribution >= 0.6 is 0 Å². The molecule has 0 aliphatic carbocycles. The van der Waals surface area contributed by atoms with E-state index in [2.05, 4.69) is 10.6 Å². The van der Waals surface area contributed by atoms with Gasteiger partial charge in [0.25, 0.3) is 11.8 Å². The van der Waals surface area contributed by atoms with Crippen LogP contribution in [-0.2, 0) is 9.59 Å². The zero-order valence-electron chi connectivity index (χ0n) is 17.8. The quantitative estimate of drug-likeness (QED) is 0.601. The van der Waals surface area contributed by atoms with Crippen molar-refractivity contribution in [3.05, 3.63) is 54.1 Å². The van der Waals surface area contributed by atoms with Crippen LogP contribution in [0.25, 0.3) is 0 Å². The summed E-state index contributed by atoms with van der Waals surface area (Å²) in [6, 6.07) is 13.3. The number of carbonyl (C=O) groups excluding carboxylic acids is 3. The third kappa shape index (κ3) is 5.03. The maximum absolute atomic E-state index is 13.2. The molecule has 0 fully saturated rings. The highest BCUT2D eigenvalue weighted by Crippen LogP contribution is 2.36. The maximum Gasteiger partial charge on any atom is 0.265 e. The van der Waals surface area contributed by atoms with E-state index < -0.39 is 6.04 Å². The first-order valence-corrected chi connectivity index (χ1v) is 10.4. The van der Waals surface area contributed by atoms with Crippen molar-refractivity contribution in [2.45, 2.75) is 26.3 Å². The second-order valence-electron chi connectivity index (χ2n) is 7.46. The Labute approximate surface area is 181 Å². The number of carbonyl (C=O) groups is 3. The van der Waals surface area contributed by atoms with Gasteiger partial charge in [-0.1, -0.05) is 38.5 Å². The minimum atomic E-state index is -0.665. The van der Waals surface area contributed by atoms with Crippen LogP contribution in [0.5, 0.6) is 5.75 Å². The van der Waals surface area contributed by atoms with Gasteiger partial charge in [0.1, 0.15) is 11.8 Å². The molecule has 8 nitrogen and oxygen atoms in total. The summed E-state index contributed by atoms with van der Waals surface area (Å²) in [7, 11) is 0. The lowest BCUT2D eigenvalue weighted by atomic mass is 9.93. The van der Waals surface area contributed by atoms with Crippen LogP contribution in [0.15, 0.2) is 48.5 Å². The van der Waals surface area contributed by atoms with Crippen LogP contribution in [0, 0.1) is 5.92 Å². The molecule has 8 heteroatoms. The summed E-state index contributed by atoms with van der Waals surface area (Å²) in [6.45, 7) is 4.37. The summed E-state index contributed by atoms with van der Waals surface area (Å²) in [4.78, 5) is 39.9. The van der Waals surface area contributed by atoms with E-state index in [4.69, 9.17) is 10.5 Å². The van der Waals surface area contributed by atoms with Gasteiger partial charge in [-0.05, 0) is 36.2 Å². The third-order valence-electron chi connectivity index (χ3n) is 5.31. The average Bonchev–Trinajstić information content (AvgIpc) is 2.79. The molecule has 1 aliphatic rings. The standard InChI is InChI=1S/C23H28N4O4/c1-3-15(2)21-23(30)26-18-13-16(22(29)25-12-11-24)9-10-19(18)27(21)20(28)14-31-17-7-5-4-6-8-17/h4-10,13,15,21H,3,11-12,14,24H2,1-2H3,(H,25,29)(H,26,30). The molecule has 164 valence electrons. The van der Waals surface area contributed by atoms with E-state index in [-0.39, 0.29) is 30.2 Å². The molecule has 2 unspecified atom stereocenters. The van der Waals surface area contributed by atoms with E-state index in [1.54, 1.807) is 30.3 Å². The first-order valence-electron chi connectivity index (χ1n) is 10.4. The molecule has 1 aliphatic heterocycles. The fraction of sp³-hybridized carbons (Fsp3) is 0.348. The fourth-order valence-corrected chi connectivity index (χ4v) is 3.51. The summed E-state index contributed by atoms with van der Waals surface area (Å²) in [5.41, 5.74) is 6.77. The molecule has 0 aromatic heterocycles. The Morgan fingerprint density at radius 3 is 2.65 bits per heavy atom. The Morgan fingerprint density at radius 2 is 1.97 bits per heavy atom. The van der Waals surface area contributed by atoms with Crippen molar-refractivity contribution in [2.75, 3.05) is 29.9 Å². The molecule has 3 amide bonds. The van der Waals surface area contributed by atoms with Crippen LogP contribution in [0.4, 0.5) is 11.4 Å². The average molecular weight is 425 g/mol. The molecule has 0 spiro atoms. The van der Waals surface area contributed by atoms with Crippen molar-refractivity contribution >= 4 is 29.1 Å². The molecule has 0 bridgehead atoms.